The average molecular weight is 272 g/mol. The van der Waals surface area contributed by atoms with Crippen LogP contribution < -0.4 is 0 Å². The van der Waals surface area contributed by atoms with Crippen molar-refractivity contribution in [2.24, 2.45) is 0 Å². The van der Waals surface area contributed by atoms with Crippen LogP contribution >= 0.6 is 0 Å². The van der Waals surface area contributed by atoms with Gasteiger partial charge in [0.05, 0.1) is 16.1 Å². The Morgan fingerprint density at radius 3 is 2.33 bits per heavy atom. The highest BCUT2D eigenvalue weighted by atomic mass is 32.2. The summed E-state index contributed by atoms with van der Waals surface area (Å²) >= 11 is 0. The van der Waals surface area contributed by atoms with Gasteiger partial charge in [-0.15, -0.1) is 9.35 Å². The van der Waals surface area contributed by atoms with Crippen LogP contribution in [0.1, 0.15) is 20.7 Å². The van der Waals surface area contributed by atoms with Crippen molar-refractivity contribution in [2.45, 2.75) is 0 Å². The minimum Gasteiger partial charge on any atom is -0.266 e. The molecule has 0 fully saturated rings. The Morgan fingerprint density at radius 1 is 1.17 bits per heavy atom. The summed E-state index contributed by atoms with van der Waals surface area (Å²) in [6.07, 6.45) is 0. The molecule has 1 aromatic rings. The molecule has 0 saturated carbocycles. The van der Waals surface area contributed by atoms with Gasteiger partial charge in [0.1, 0.15) is 0 Å². The van der Waals surface area contributed by atoms with Crippen molar-refractivity contribution < 1.29 is 27.2 Å². The Balaban J connectivity index is 2.49. The number of thiol groups is 1. The molecule has 1 aromatic carbocycles. The summed E-state index contributed by atoms with van der Waals surface area (Å²) in [6.45, 7) is 0. The van der Waals surface area contributed by atoms with Gasteiger partial charge in [0.2, 0.25) is 0 Å². The molecule has 0 saturated heterocycles. The van der Waals surface area contributed by atoms with E-state index in [4.69, 9.17) is 0 Å². The van der Waals surface area contributed by atoms with Crippen molar-refractivity contribution in [1.82, 2.24) is 5.06 Å². The lowest BCUT2D eigenvalue weighted by Gasteiger charge is -2.06. The summed E-state index contributed by atoms with van der Waals surface area (Å²) < 4.78 is 24.7. The fourth-order valence-electron chi connectivity index (χ4n) is 1.46. The van der Waals surface area contributed by atoms with Gasteiger partial charge in [0.25, 0.3) is 28.5 Å². The van der Waals surface area contributed by atoms with Crippen LogP contribution in [0.2, 0.25) is 0 Å². The Kier molecular flexibility index (Phi) is 2.80. The van der Waals surface area contributed by atoms with Crippen LogP contribution in [0.15, 0.2) is 18.2 Å². The summed E-state index contributed by atoms with van der Waals surface area (Å²) in [5, 5.41) is 10.6. The molecule has 94 valence electrons. The van der Waals surface area contributed by atoms with Crippen molar-refractivity contribution in [1.29, 1.82) is 0 Å². The predicted octanol–water partition coefficient (Wildman–Crippen LogP) is -0.351. The van der Waals surface area contributed by atoms with E-state index in [1.54, 1.807) is 0 Å². The monoisotopic (exact) mass is 272 g/mol. The molecule has 0 radical (unpaired) electrons. The Hall–Kier alpha value is -2.33. The standard InChI is InChI=1S/C8H4N2O7S/c11-7-5-2-1-4(10(13)14)3-6(5)8(12)9(7)17-18(15)16/h1-3,18H. The maximum absolute atomic E-state index is 11.6. The Bertz CT molecular complexity index is 643. The number of fused-ring (bicyclic) bond motifs is 1. The van der Waals surface area contributed by atoms with E-state index in [9.17, 15) is 28.1 Å². The van der Waals surface area contributed by atoms with Gasteiger partial charge in [-0.1, -0.05) is 0 Å². The second-order valence-electron chi connectivity index (χ2n) is 3.20. The summed E-state index contributed by atoms with van der Waals surface area (Å²) in [4.78, 5) is 32.9. The number of hydrogen-bond donors (Lipinski definition) is 1. The van der Waals surface area contributed by atoms with Gasteiger partial charge < -0.3 is 0 Å². The van der Waals surface area contributed by atoms with E-state index < -0.39 is 27.7 Å². The zero-order chi connectivity index (χ0) is 13.4. The predicted molar refractivity (Wildman–Crippen MR) is 55.0 cm³/mol. The van der Waals surface area contributed by atoms with Crippen molar-refractivity contribution in [3.8, 4) is 0 Å². The highest BCUT2D eigenvalue weighted by Crippen LogP contribution is 2.26. The molecule has 2 amide bonds. The number of hydroxylamine groups is 2. The normalized spacial score (nSPS) is 14.2. The van der Waals surface area contributed by atoms with Crippen LogP contribution in [0, 0.1) is 10.1 Å². The number of nitro groups is 1. The molecule has 9 nitrogen and oxygen atoms in total. The zero-order valence-corrected chi connectivity index (χ0v) is 9.33. The minimum absolute atomic E-state index is 0.0418. The molecule has 0 aliphatic carbocycles. The fraction of sp³-hybridized carbons (Fsp3) is 0. The number of hydrogen-bond acceptors (Lipinski definition) is 7. The zero-order valence-electron chi connectivity index (χ0n) is 8.43. The van der Waals surface area contributed by atoms with Crippen LogP contribution in [0.5, 0.6) is 0 Å². The molecule has 0 unspecified atom stereocenters. The van der Waals surface area contributed by atoms with E-state index in [-0.39, 0.29) is 21.9 Å². The van der Waals surface area contributed by atoms with E-state index >= 15 is 0 Å². The third-order valence-corrected chi connectivity index (χ3v) is 2.49. The number of nitrogens with zero attached hydrogens (tertiary/aromatic N) is 2. The highest BCUT2D eigenvalue weighted by molar-refractivity contribution is 7.67. The van der Waals surface area contributed by atoms with E-state index in [1.165, 1.54) is 0 Å². The van der Waals surface area contributed by atoms with Crippen LogP contribution in [-0.2, 0) is 15.3 Å². The lowest BCUT2D eigenvalue weighted by molar-refractivity contribution is -0.384. The maximum atomic E-state index is 11.6. The van der Waals surface area contributed by atoms with Gasteiger partial charge in [0.15, 0.2) is 0 Å². The van der Waals surface area contributed by atoms with Gasteiger partial charge in [-0.05, 0) is 6.07 Å². The number of nitro benzene ring substituents is 1. The molecule has 0 aromatic heterocycles. The van der Waals surface area contributed by atoms with Crippen molar-refractivity contribution in [3.05, 3.63) is 39.4 Å². The first-order valence-electron chi connectivity index (χ1n) is 4.41. The lowest BCUT2D eigenvalue weighted by Crippen LogP contribution is -2.29. The average Bonchev–Trinajstić information content (AvgIpc) is 2.53. The Labute approximate surface area is 101 Å². The second kappa shape index (κ2) is 4.16. The topological polar surface area (TPSA) is 124 Å². The lowest BCUT2D eigenvalue weighted by atomic mass is 10.1. The third kappa shape index (κ3) is 1.83. The van der Waals surface area contributed by atoms with E-state index in [0.717, 1.165) is 18.2 Å². The summed E-state index contributed by atoms with van der Waals surface area (Å²) in [7, 11) is -3.44. The summed E-state index contributed by atoms with van der Waals surface area (Å²) in [5.41, 5.74) is -0.809. The first kappa shape index (κ1) is 12.1. The van der Waals surface area contributed by atoms with E-state index in [1.807, 2.05) is 0 Å². The molecule has 1 aliphatic heterocycles. The molecule has 0 atom stereocenters. The largest absolute Gasteiger partial charge is 0.287 e. The molecule has 0 bridgehead atoms. The van der Waals surface area contributed by atoms with E-state index in [2.05, 4.69) is 4.28 Å². The maximum Gasteiger partial charge on any atom is 0.287 e. The highest BCUT2D eigenvalue weighted by Gasteiger charge is 2.38. The first-order valence-corrected chi connectivity index (χ1v) is 5.51. The van der Waals surface area contributed by atoms with Crippen LogP contribution in [0.25, 0.3) is 0 Å². The van der Waals surface area contributed by atoms with Crippen LogP contribution in [-0.4, -0.2) is 30.2 Å². The van der Waals surface area contributed by atoms with Crippen molar-refractivity contribution in [2.75, 3.05) is 0 Å². The smallest absolute Gasteiger partial charge is 0.266 e. The number of imide groups is 1. The SMILES string of the molecule is O=C1c2ccc([N+](=O)[O-])cc2C(=O)N1O[SH](=O)=O. The molecule has 10 heteroatoms. The number of rotatable bonds is 3. The van der Waals surface area contributed by atoms with Crippen LogP contribution in [0.4, 0.5) is 5.69 Å². The third-order valence-electron chi connectivity index (χ3n) is 2.19. The molecule has 1 aliphatic rings. The summed E-state index contributed by atoms with van der Waals surface area (Å²) in [6, 6.07) is 2.98. The molecular weight excluding hydrogens is 268 g/mol. The fourth-order valence-corrected chi connectivity index (χ4v) is 1.74. The van der Waals surface area contributed by atoms with Crippen LogP contribution in [0.3, 0.4) is 0 Å². The van der Waals surface area contributed by atoms with Gasteiger partial charge in [-0.3, -0.25) is 19.7 Å². The van der Waals surface area contributed by atoms with Gasteiger partial charge in [0, 0.05) is 12.1 Å². The number of amides is 2. The number of non-ortho nitro benzene ring substituents is 1. The number of carbonyl (C=O) groups excluding carboxylic acids is 2. The molecule has 0 N–H and O–H groups in total. The molecule has 2 rings (SSSR count). The van der Waals surface area contributed by atoms with Gasteiger partial charge in [-0.25, -0.2) is 8.42 Å². The quantitative estimate of drug-likeness (QED) is 0.345. The van der Waals surface area contributed by atoms with E-state index in [0.29, 0.717) is 0 Å². The minimum atomic E-state index is -3.44. The molecule has 18 heavy (non-hydrogen) atoms. The molecule has 1 heterocycles. The van der Waals surface area contributed by atoms with Gasteiger partial charge >= 0.3 is 0 Å². The summed E-state index contributed by atoms with van der Waals surface area (Å²) in [5.74, 6) is -2.04. The number of carbonyl (C=O) groups is 2. The molecule has 0 spiro atoms. The first-order chi connectivity index (χ1) is 8.41. The van der Waals surface area contributed by atoms with Crippen molar-refractivity contribution in [3.63, 3.8) is 0 Å². The van der Waals surface area contributed by atoms with Gasteiger partial charge in [-0.2, -0.15) is 0 Å². The van der Waals surface area contributed by atoms with Crippen molar-refractivity contribution >= 4 is 28.5 Å². The number of benzene rings is 1. The second-order valence-corrected chi connectivity index (χ2v) is 3.81. The molecular formula is C8H4N2O7S. The Morgan fingerprint density at radius 2 is 1.78 bits per heavy atom.